The summed E-state index contributed by atoms with van der Waals surface area (Å²) in [5.41, 5.74) is -0.228. The van der Waals surface area contributed by atoms with E-state index in [0.29, 0.717) is 11.1 Å². The first-order valence-electron chi connectivity index (χ1n) is 7.86. The van der Waals surface area contributed by atoms with Crippen LogP contribution in [0.1, 0.15) is 7.85 Å². The minimum atomic E-state index is -4.06. The molecule has 0 spiro atoms. The van der Waals surface area contributed by atoms with Gasteiger partial charge in [-0.3, -0.25) is 4.72 Å². The van der Waals surface area contributed by atoms with Gasteiger partial charge in [0.2, 0.25) is 11.6 Å². The van der Waals surface area contributed by atoms with Crippen molar-refractivity contribution in [3.05, 3.63) is 52.2 Å². The number of pyridine rings is 1. The first-order chi connectivity index (χ1) is 12.7. The molecule has 1 N–H and O–H groups in total. The van der Waals surface area contributed by atoms with Gasteiger partial charge >= 0.3 is 0 Å². The third-order valence-electron chi connectivity index (χ3n) is 3.40. The first kappa shape index (κ1) is 21.1. The summed E-state index contributed by atoms with van der Waals surface area (Å²) in [6.07, 6.45) is 2.23. The van der Waals surface area contributed by atoms with Crippen molar-refractivity contribution >= 4 is 37.3 Å². The molecule has 0 atom stereocenters. The van der Waals surface area contributed by atoms with Crippen molar-refractivity contribution < 1.29 is 19.0 Å². The number of benzene rings is 1. The number of aromatic nitrogens is 1. The van der Waals surface area contributed by atoms with Crippen LogP contribution in [0.15, 0.2) is 39.8 Å². The SMILES string of the molecule is [C-]#[N+]c1cc(S(=O)(=O)Nc2cc(Br)cnc2OCCCN(C)C)ccc1F.[HH]. The lowest BCUT2D eigenvalue weighted by Crippen LogP contribution is -2.17. The van der Waals surface area contributed by atoms with Gasteiger partial charge in [0.1, 0.15) is 11.5 Å². The Morgan fingerprint density at radius 2 is 2.15 bits per heavy atom. The van der Waals surface area contributed by atoms with Crippen molar-refractivity contribution in [1.29, 1.82) is 0 Å². The van der Waals surface area contributed by atoms with Gasteiger partial charge in [-0.05, 0) is 60.7 Å². The van der Waals surface area contributed by atoms with Gasteiger partial charge in [0.15, 0.2) is 0 Å². The van der Waals surface area contributed by atoms with Gasteiger partial charge in [0.25, 0.3) is 10.0 Å². The van der Waals surface area contributed by atoms with Crippen LogP contribution in [-0.4, -0.2) is 45.5 Å². The van der Waals surface area contributed by atoms with Crippen molar-refractivity contribution in [2.24, 2.45) is 0 Å². The minimum absolute atomic E-state index is 0. The summed E-state index contributed by atoms with van der Waals surface area (Å²) in [6, 6.07) is 4.54. The second-order valence-electron chi connectivity index (χ2n) is 5.84. The quantitative estimate of drug-likeness (QED) is 0.479. The van der Waals surface area contributed by atoms with E-state index in [4.69, 9.17) is 11.3 Å². The zero-order chi connectivity index (χ0) is 20.0. The number of anilines is 1. The average molecular weight is 459 g/mol. The first-order valence-corrected chi connectivity index (χ1v) is 10.1. The van der Waals surface area contributed by atoms with E-state index in [0.717, 1.165) is 31.2 Å². The molecule has 146 valence electrons. The second kappa shape index (κ2) is 9.12. The Kier molecular flexibility index (Phi) is 7.12. The van der Waals surface area contributed by atoms with Crippen LogP contribution in [-0.2, 0) is 10.0 Å². The normalized spacial score (nSPS) is 11.3. The number of nitrogens with zero attached hydrogens (tertiary/aromatic N) is 3. The van der Waals surface area contributed by atoms with E-state index in [2.05, 4.69) is 30.5 Å². The van der Waals surface area contributed by atoms with Crippen LogP contribution >= 0.6 is 15.9 Å². The Bertz CT molecular complexity index is 967. The molecule has 1 aromatic carbocycles. The predicted molar refractivity (Wildman–Crippen MR) is 106 cm³/mol. The van der Waals surface area contributed by atoms with Crippen molar-refractivity contribution in [1.82, 2.24) is 9.88 Å². The van der Waals surface area contributed by atoms with Crippen LogP contribution in [0.4, 0.5) is 15.8 Å². The van der Waals surface area contributed by atoms with Crippen LogP contribution in [0.3, 0.4) is 0 Å². The van der Waals surface area contributed by atoms with Crippen LogP contribution in [0.2, 0.25) is 0 Å². The fourth-order valence-corrected chi connectivity index (χ4v) is 3.51. The van der Waals surface area contributed by atoms with E-state index >= 15 is 0 Å². The maximum atomic E-state index is 13.5. The molecule has 0 bridgehead atoms. The molecule has 0 saturated carbocycles. The van der Waals surface area contributed by atoms with Crippen molar-refractivity contribution in [2.45, 2.75) is 11.3 Å². The molecule has 0 saturated heterocycles. The zero-order valence-corrected chi connectivity index (χ0v) is 17.1. The summed E-state index contributed by atoms with van der Waals surface area (Å²) >= 11 is 3.24. The van der Waals surface area contributed by atoms with Gasteiger partial charge in [-0.15, -0.1) is 0 Å². The van der Waals surface area contributed by atoms with E-state index in [9.17, 15) is 12.8 Å². The zero-order valence-electron chi connectivity index (χ0n) is 14.7. The van der Waals surface area contributed by atoms with E-state index < -0.39 is 15.8 Å². The Labute approximate surface area is 167 Å². The molecule has 2 aromatic rings. The van der Waals surface area contributed by atoms with Crippen molar-refractivity contribution in [2.75, 3.05) is 32.0 Å². The molecule has 0 aliphatic carbocycles. The monoisotopic (exact) mass is 458 g/mol. The lowest BCUT2D eigenvalue weighted by molar-refractivity contribution is 0.274. The summed E-state index contributed by atoms with van der Waals surface area (Å²) in [7, 11) is -0.171. The molecule has 10 heteroatoms. The number of ether oxygens (including phenoxy) is 1. The van der Waals surface area contributed by atoms with Crippen molar-refractivity contribution in [3.8, 4) is 5.88 Å². The third kappa shape index (κ3) is 5.89. The largest absolute Gasteiger partial charge is 0.476 e. The Balaban J connectivity index is 0.00000392. The van der Waals surface area contributed by atoms with Crippen LogP contribution in [0, 0.1) is 12.4 Å². The summed E-state index contributed by atoms with van der Waals surface area (Å²) in [5.74, 6) is -0.647. The molecular weight excluding hydrogens is 439 g/mol. The fraction of sp³-hybridized carbons (Fsp3) is 0.294. The number of halogens is 2. The molecule has 7 nitrogen and oxygen atoms in total. The van der Waals surface area contributed by atoms with Gasteiger partial charge in [-0.2, -0.15) is 0 Å². The molecule has 0 amide bonds. The van der Waals surface area contributed by atoms with Gasteiger partial charge in [0.05, 0.1) is 18.1 Å². The molecule has 1 heterocycles. The molecule has 0 aliphatic rings. The molecule has 1 aromatic heterocycles. The number of hydrogen-bond donors (Lipinski definition) is 1. The second-order valence-corrected chi connectivity index (χ2v) is 8.44. The fourth-order valence-electron chi connectivity index (χ4n) is 2.11. The predicted octanol–water partition coefficient (Wildman–Crippen LogP) is 3.91. The molecule has 0 radical (unpaired) electrons. The Morgan fingerprint density at radius 1 is 1.41 bits per heavy atom. The highest BCUT2D eigenvalue weighted by Gasteiger charge is 2.19. The molecule has 27 heavy (non-hydrogen) atoms. The van der Waals surface area contributed by atoms with Gasteiger partial charge < -0.3 is 9.64 Å². The number of rotatable bonds is 8. The van der Waals surface area contributed by atoms with Gasteiger partial charge in [-0.25, -0.2) is 22.6 Å². The topological polar surface area (TPSA) is 75.9 Å². The summed E-state index contributed by atoms with van der Waals surface area (Å²) < 4.78 is 47.2. The third-order valence-corrected chi connectivity index (χ3v) is 5.20. The van der Waals surface area contributed by atoms with Crippen molar-refractivity contribution in [3.63, 3.8) is 0 Å². The average Bonchev–Trinajstić information content (AvgIpc) is 2.60. The standard InChI is InChI=1S/C17H18BrFN4O3S.H2/c1-20-15-10-13(5-6-14(15)19)27(24,25)22-16-9-12(18)11-21-17(16)26-8-4-7-23(2)3;/h5-6,9-11,22H,4,7-8H2,2-3H3;1H. The number of hydrogen-bond acceptors (Lipinski definition) is 5. The van der Waals surface area contributed by atoms with E-state index in [1.54, 1.807) is 0 Å². The van der Waals surface area contributed by atoms with Gasteiger partial charge in [0, 0.05) is 18.6 Å². The summed E-state index contributed by atoms with van der Waals surface area (Å²) in [6.45, 7) is 8.10. The van der Waals surface area contributed by atoms with Crippen LogP contribution < -0.4 is 9.46 Å². The maximum Gasteiger partial charge on any atom is 0.260 e. The summed E-state index contributed by atoms with van der Waals surface area (Å²) in [5, 5.41) is 0. The highest BCUT2D eigenvalue weighted by atomic mass is 79.9. The summed E-state index contributed by atoms with van der Waals surface area (Å²) in [4.78, 5) is 8.86. The molecular formula is C17H20BrFN4O3S. The minimum Gasteiger partial charge on any atom is -0.476 e. The molecule has 0 unspecified atom stereocenters. The van der Waals surface area contributed by atoms with Gasteiger partial charge in [-0.1, -0.05) is 0 Å². The van der Waals surface area contributed by atoms with Crippen LogP contribution in [0.5, 0.6) is 5.88 Å². The lowest BCUT2D eigenvalue weighted by atomic mass is 10.3. The molecule has 0 aliphatic heterocycles. The number of sulfonamides is 1. The van der Waals surface area contributed by atoms with E-state index in [1.165, 1.54) is 12.3 Å². The van der Waals surface area contributed by atoms with E-state index in [-0.39, 0.29) is 23.6 Å². The Hall–Kier alpha value is -2.22. The highest BCUT2D eigenvalue weighted by molar-refractivity contribution is 9.10. The maximum absolute atomic E-state index is 13.5. The number of nitrogens with one attached hydrogen (secondary N) is 1. The lowest BCUT2D eigenvalue weighted by Gasteiger charge is -2.14. The van der Waals surface area contributed by atoms with E-state index in [1.807, 2.05) is 19.0 Å². The smallest absolute Gasteiger partial charge is 0.260 e. The molecule has 2 rings (SSSR count). The highest BCUT2D eigenvalue weighted by Crippen LogP contribution is 2.29. The molecule has 0 fully saturated rings. The van der Waals surface area contributed by atoms with Crippen LogP contribution in [0.25, 0.3) is 4.85 Å². The Morgan fingerprint density at radius 3 is 2.81 bits per heavy atom.